The van der Waals surface area contributed by atoms with Gasteiger partial charge in [-0.1, -0.05) is 12.1 Å². The number of carboxylic acid groups (broad SMARTS) is 1. The van der Waals surface area contributed by atoms with Crippen molar-refractivity contribution in [3.63, 3.8) is 0 Å². The summed E-state index contributed by atoms with van der Waals surface area (Å²) in [6.45, 7) is 4.62. The normalized spacial score (nSPS) is 10.5. The zero-order valence-electron chi connectivity index (χ0n) is 12.6. The fraction of sp³-hybridized carbons (Fsp3) is 0.312. The van der Waals surface area contributed by atoms with Crippen LogP contribution < -0.4 is 10.3 Å². The number of carboxylic acids is 1. The molecule has 0 amide bonds. The Morgan fingerprint density at radius 2 is 2.09 bits per heavy atom. The van der Waals surface area contributed by atoms with E-state index in [-0.39, 0.29) is 17.5 Å². The average molecular weight is 302 g/mol. The molecule has 1 N–H and O–H groups in total. The molecule has 0 aliphatic carbocycles. The van der Waals surface area contributed by atoms with Gasteiger partial charge < -0.3 is 9.84 Å². The van der Waals surface area contributed by atoms with Crippen molar-refractivity contribution in [3.05, 3.63) is 46.2 Å². The molecule has 0 aliphatic heterocycles. The van der Waals surface area contributed by atoms with E-state index in [1.54, 1.807) is 6.92 Å². The third-order valence-electron chi connectivity index (χ3n) is 3.13. The number of rotatable bonds is 6. The molecule has 0 spiro atoms. The summed E-state index contributed by atoms with van der Waals surface area (Å²) in [6.07, 6.45) is -0.320. The second-order valence-corrected chi connectivity index (χ2v) is 4.71. The van der Waals surface area contributed by atoms with Crippen molar-refractivity contribution in [2.45, 2.75) is 26.8 Å². The van der Waals surface area contributed by atoms with E-state index in [0.717, 1.165) is 5.56 Å². The number of hydrogen-bond donors (Lipinski definition) is 1. The van der Waals surface area contributed by atoms with Gasteiger partial charge in [0.25, 0.3) is 5.56 Å². The molecule has 0 fully saturated rings. The van der Waals surface area contributed by atoms with Gasteiger partial charge in [0.05, 0.1) is 18.7 Å². The number of hydrogen-bond acceptors (Lipinski definition) is 4. The maximum atomic E-state index is 12.1. The lowest BCUT2D eigenvalue weighted by Crippen LogP contribution is -2.27. The molecule has 0 aliphatic rings. The van der Waals surface area contributed by atoms with Crippen molar-refractivity contribution in [1.82, 2.24) is 9.78 Å². The Labute approximate surface area is 128 Å². The number of aryl methyl sites for hydroxylation is 1. The predicted molar refractivity (Wildman–Crippen MR) is 82.1 cm³/mol. The van der Waals surface area contributed by atoms with Gasteiger partial charge >= 0.3 is 5.97 Å². The second-order valence-electron chi connectivity index (χ2n) is 4.71. The molecule has 0 radical (unpaired) electrons. The molecule has 0 atom stereocenters. The molecule has 0 saturated heterocycles. The van der Waals surface area contributed by atoms with Crippen LogP contribution in [-0.4, -0.2) is 27.5 Å². The molecule has 1 heterocycles. The van der Waals surface area contributed by atoms with Gasteiger partial charge in [-0.2, -0.15) is 5.10 Å². The molecule has 2 rings (SSSR count). The van der Waals surface area contributed by atoms with Crippen LogP contribution >= 0.6 is 0 Å². The van der Waals surface area contributed by atoms with Crippen LogP contribution in [0.3, 0.4) is 0 Å². The van der Waals surface area contributed by atoms with Crippen LogP contribution in [-0.2, 0) is 17.8 Å². The van der Waals surface area contributed by atoms with Gasteiger partial charge in [0.1, 0.15) is 5.75 Å². The van der Waals surface area contributed by atoms with Gasteiger partial charge in [-0.3, -0.25) is 9.59 Å². The number of aromatic nitrogens is 2. The molecule has 0 saturated carbocycles. The molecule has 22 heavy (non-hydrogen) atoms. The molecule has 1 aromatic heterocycles. The highest BCUT2D eigenvalue weighted by molar-refractivity contribution is 5.71. The largest absolute Gasteiger partial charge is 0.494 e. The minimum Gasteiger partial charge on any atom is -0.494 e. The Balaban J connectivity index is 2.52. The molecule has 0 unspecified atom stereocenters. The van der Waals surface area contributed by atoms with Crippen molar-refractivity contribution >= 4 is 5.97 Å². The SMILES string of the molecule is CCOc1cccc(-c2cc(CC(=O)O)c(=O)n(CC)n2)c1. The smallest absolute Gasteiger partial charge is 0.308 e. The number of benzene rings is 1. The summed E-state index contributed by atoms with van der Waals surface area (Å²) in [5.74, 6) is -0.337. The molecular formula is C16H18N2O4. The van der Waals surface area contributed by atoms with Crippen LogP contribution in [0, 0.1) is 0 Å². The Hall–Kier alpha value is -2.63. The van der Waals surface area contributed by atoms with Crippen LogP contribution in [0.5, 0.6) is 5.75 Å². The highest BCUT2D eigenvalue weighted by Gasteiger charge is 2.12. The first-order chi connectivity index (χ1) is 10.5. The zero-order valence-corrected chi connectivity index (χ0v) is 12.6. The first-order valence-corrected chi connectivity index (χ1v) is 7.11. The summed E-state index contributed by atoms with van der Waals surface area (Å²) in [5.41, 5.74) is 1.19. The van der Waals surface area contributed by atoms with Gasteiger partial charge in [-0.15, -0.1) is 0 Å². The van der Waals surface area contributed by atoms with E-state index >= 15 is 0 Å². The maximum Gasteiger partial charge on any atom is 0.308 e. The second kappa shape index (κ2) is 6.89. The average Bonchev–Trinajstić information content (AvgIpc) is 2.49. The molecule has 6 nitrogen and oxygen atoms in total. The number of carbonyl (C=O) groups is 1. The van der Waals surface area contributed by atoms with Crippen LogP contribution in [0.1, 0.15) is 19.4 Å². The summed E-state index contributed by atoms with van der Waals surface area (Å²) in [5, 5.41) is 13.2. The maximum absolute atomic E-state index is 12.1. The summed E-state index contributed by atoms with van der Waals surface area (Å²) in [7, 11) is 0. The Morgan fingerprint density at radius 3 is 2.73 bits per heavy atom. The Bertz CT molecular complexity index is 737. The predicted octanol–water partition coefficient (Wildman–Crippen LogP) is 1.96. The lowest BCUT2D eigenvalue weighted by molar-refractivity contribution is -0.136. The first-order valence-electron chi connectivity index (χ1n) is 7.11. The van der Waals surface area contributed by atoms with E-state index < -0.39 is 5.97 Å². The molecule has 2 aromatic rings. The molecular weight excluding hydrogens is 284 g/mol. The van der Waals surface area contributed by atoms with E-state index in [1.807, 2.05) is 31.2 Å². The van der Waals surface area contributed by atoms with Crippen molar-refractivity contribution in [2.75, 3.05) is 6.61 Å². The molecule has 6 heteroatoms. The molecule has 116 valence electrons. The van der Waals surface area contributed by atoms with Crippen LogP contribution in [0.25, 0.3) is 11.3 Å². The van der Waals surface area contributed by atoms with E-state index in [4.69, 9.17) is 9.84 Å². The Kier molecular flexibility index (Phi) is 4.93. The number of ether oxygens (including phenoxy) is 1. The summed E-state index contributed by atoms with van der Waals surface area (Å²) in [4.78, 5) is 23.0. The van der Waals surface area contributed by atoms with Crippen LogP contribution in [0.15, 0.2) is 35.1 Å². The van der Waals surface area contributed by atoms with Crippen molar-refractivity contribution in [1.29, 1.82) is 0 Å². The number of aliphatic carboxylic acids is 1. The van der Waals surface area contributed by atoms with Gasteiger partial charge in [-0.05, 0) is 32.0 Å². The highest BCUT2D eigenvalue weighted by atomic mass is 16.5. The Morgan fingerprint density at radius 1 is 1.32 bits per heavy atom. The quantitative estimate of drug-likeness (QED) is 0.882. The van der Waals surface area contributed by atoms with Crippen molar-refractivity contribution in [3.8, 4) is 17.0 Å². The molecule has 1 aromatic carbocycles. The van der Waals surface area contributed by atoms with Crippen molar-refractivity contribution in [2.24, 2.45) is 0 Å². The van der Waals surface area contributed by atoms with Crippen LogP contribution in [0.4, 0.5) is 0 Å². The summed E-state index contributed by atoms with van der Waals surface area (Å²) in [6, 6.07) is 8.87. The molecule has 0 bridgehead atoms. The third-order valence-corrected chi connectivity index (χ3v) is 3.13. The minimum absolute atomic E-state index is 0.223. The monoisotopic (exact) mass is 302 g/mol. The highest BCUT2D eigenvalue weighted by Crippen LogP contribution is 2.22. The summed E-state index contributed by atoms with van der Waals surface area (Å²) < 4.78 is 6.73. The van der Waals surface area contributed by atoms with Crippen LogP contribution in [0.2, 0.25) is 0 Å². The van der Waals surface area contributed by atoms with Gasteiger partial charge in [-0.25, -0.2) is 4.68 Å². The van der Waals surface area contributed by atoms with Crippen molar-refractivity contribution < 1.29 is 14.6 Å². The van der Waals surface area contributed by atoms with E-state index in [1.165, 1.54) is 10.7 Å². The van der Waals surface area contributed by atoms with Gasteiger partial charge in [0, 0.05) is 17.7 Å². The minimum atomic E-state index is -1.04. The van der Waals surface area contributed by atoms with Gasteiger partial charge in [0.15, 0.2) is 0 Å². The standard InChI is InChI=1S/C16H18N2O4/c1-3-18-16(21)12(10-15(19)20)9-14(17-18)11-6-5-7-13(8-11)22-4-2/h5-9H,3-4,10H2,1-2H3,(H,19,20). The fourth-order valence-electron chi connectivity index (χ4n) is 2.15. The van der Waals surface area contributed by atoms with Gasteiger partial charge in [0.2, 0.25) is 0 Å². The lowest BCUT2D eigenvalue weighted by atomic mass is 10.1. The van der Waals surface area contributed by atoms with E-state index in [9.17, 15) is 9.59 Å². The zero-order chi connectivity index (χ0) is 16.1. The first kappa shape index (κ1) is 15.8. The van der Waals surface area contributed by atoms with E-state index in [0.29, 0.717) is 24.6 Å². The summed E-state index contributed by atoms with van der Waals surface area (Å²) >= 11 is 0. The third kappa shape index (κ3) is 3.52. The number of nitrogens with zero attached hydrogens (tertiary/aromatic N) is 2. The topological polar surface area (TPSA) is 81.4 Å². The lowest BCUT2D eigenvalue weighted by Gasteiger charge is -2.10. The van der Waals surface area contributed by atoms with E-state index in [2.05, 4.69) is 5.10 Å². The fourth-order valence-corrected chi connectivity index (χ4v) is 2.15.